The van der Waals surface area contributed by atoms with Crippen molar-refractivity contribution in [3.8, 4) is 0 Å². The molecule has 0 aliphatic carbocycles. The number of para-hydroxylation sites is 2. The van der Waals surface area contributed by atoms with Crippen molar-refractivity contribution in [2.45, 2.75) is 19.0 Å². The van der Waals surface area contributed by atoms with Crippen molar-refractivity contribution in [3.63, 3.8) is 0 Å². The van der Waals surface area contributed by atoms with Crippen LogP contribution in [0.5, 0.6) is 0 Å². The van der Waals surface area contributed by atoms with Crippen LogP contribution in [-0.2, 0) is 11.3 Å². The monoisotopic (exact) mass is 353 g/mol. The lowest BCUT2D eigenvalue weighted by atomic mass is 9.97. The molecule has 0 radical (unpaired) electrons. The van der Waals surface area contributed by atoms with Gasteiger partial charge in [-0.05, 0) is 29.3 Å². The van der Waals surface area contributed by atoms with Crippen LogP contribution in [0, 0.1) is 0 Å². The smallest absolute Gasteiger partial charge is 0.232 e. The highest BCUT2D eigenvalue weighted by Gasteiger charge is 2.40. The molecule has 0 saturated carbocycles. The third kappa shape index (κ3) is 2.70. The molecule has 2 heterocycles. The minimum Gasteiger partial charge on any atom is -0.304 e. The number of carbonyl (C=O) groups is 1. The Hall–Kier alpha value is -3.40. The Balaban J connectivity index is 1.69. The molecule has 0 bridgehead atoms. The number of amides is 1. The molecular weight excluding hydrogens is 334 g/mol. The van der Waals surface area contributed by atoms with Crippen LogP contribution in [0.2, 0.25) is 0 Å². The summed E-state index contributed by atoms with van der Waals surface area (Å²) in [4.78, 5) is 21.9. The fraction of sp³-hybridized carbons (Fsp3) is 0.130. The summed E-state index contributed by atoms with van der Waals surface area (Å²) in [5.41, 5.74) is 4.19. The number of rotatable bonds is 2. The van der Waals surface area contributed by atoms with Crippen LogP contribution in [0.25, 0.3) is 0 Å². The minimum atomic E-state index is -0.0682. The van der Waals surface area contributed by atoms with Gasteiger partial charge in [-0.2, -0.15) is 0 Å². The molecule has 4 nitrogen and oxygen atoms in total. The number of carbonyl (C=O) groups excluding carboxylic acids is 1. The Kier molecular flexibility index (Phi) is 3.75. The lowest BCUT2D eigenvalue weighted by Crippen LogP contribution is -2.55. The summed E-state index contributed by atoms with van der Waals surface area (Å²) < 4.78 is 0. The first-order chi connectivity index (χ1) is 13.3. The summed E-state index contributed by atoms with van der Waals surface area (Å²) in [5, 5.41) is 0. The number of guanidine groups is 1. The standard InChI is InChI=1S/C23H19N3O/c27-22-15-21(17-9-3-1-4-10-17)26(19-12-5-2-6-13-19)23-24-20-14-8-7-11-18(20)16-25(22)23/h1-14,21H,15-16H2. The van der Waals surface area contributed by atoms with E-state index in [2.05, 4.69) is 29.2 Å². The Bertz CT molecular complexity index is 1010. The van der Waals surface area contributed by atoms with Crippen molar-refractivity contribution in [2.24, 2.45) is 4.99 Å². The van der Waals surface area contributed by atoms with Gasteiger partial charge in [0.1, 0.15) is 0 Å². The van der Waals surface area contributed by atoms with Gasteiger partial charge >= 0.3 is 0 Å². The first kappa shape index (κ1) is 15.8. The second-order valence-electron chi connectivity index (χ2n) is 6.86. The lowest BCUT2D eigenvalue weighted by molar-refractivity contribution is -0.129. The molecule has 3 aromatic rings. The van der Waals surface area contributed by atoms with E-state index in [0.717, 1.165) is 22.5 Å². The van der Waals surface area contributed by atoms with E-state index < -0.39 is 0 Å². The van der Waals surface area contributed by atoms with Crippen molar-refractivity contribution >= 4 is 23.2 Å². The van der Waals surface area contributed by atoms with E-state index in [1.165, 1.54) is 0 Å². The molecule has 27 heavy (non-hydrogen) atoms. The Morgan fingerprint density at radius 2 is 1.48 bits per heavy atom. The van der Waals surface area contributed by atoms with Crippen molar-refractivity contribution in [1.29, 1.82) is 0 Å². The molecule has 2 aliphatic heterocycles. The van der Waals surface area contributed by atoms with E-state index in [1.807, 2.05) is 65.6 Å². The molecule has 3 aromatic carbocycles. The molecule has 4 heteroatoms. The van der Waals surface area contributed by atoms with E-state index >= 15 is 0 Å². The molecule has 132 valence electrons. The van der Waals surface area contributed by atoms with Gasteiger partial charge in [0.25, 0.3) is 0 Å². The zero-order chi connectivity index (χ0) is 18.2. The van der Waals surface area contributed by atoms with Crippen LogP contribution in [0.15, 0.2) is 89.9 Å². The van der Waals surface area contributed by atoms with Crippen LogP contribution in [0.4, 0.5) is 11.4 Å². The predicted octanol–water partition coefficient (Wildman–Crippen LogP) is 4.67. The number of hydrogen-bond acceptors (Lipinski definition) is 3. The molecule has 0 N–H and O–H groups in total. The average molecular weight is 353 g/mol. The molecule has 0 aromatic heterocycles. The summed E-state index contributed by atoms with van der Waals surface area (Å²) in [7, 11) is 0. The molecular formula is C23H19N3O. The SMILES string of the molecule is O=C1CC(c2ccccc2)N(c2ccccc2)C2=Nc3ccccc3CN12. The van der Waals surface area contributed by atoms with Crippen molar-refractivity contribution in [1.82, 2.24) is 4.90 Å². The van der Waals surface area contributed by atoms with Crippen LogP contribution in [0.1, 0.15) is 23.6 Å². The van der Waals surface area contributed by atoms with E-state index in [1.54, 1.807) is 0 Å². The molecule has 0 spiro atoms. The van der Waals surface area contributed by atoms with Crippen LogP contribution in [-0.4, -0.2) is 16.8 Å². The highest BCUT2D eigenvalue weighted by molar-refractivity contribution is 6.10. The highest BCUT2D eigenvalue weighted by atomic mass is 16.2. The maximum atomic E-state index is 13.0. The summed E-state index contributed by atoms with van der Waals surface area (Å²) in [5.74, 6) is 0.828. The topological polar surface area (TPSA) is 35.9 Å². The fourth-order valence-electron chi connectivity index (χ4n) is 3.88. The number of hydrogen-bond donors (Lipinski definition) is 0. The quantitative estimate of drug-likeness (QED) is 0.671. The Labute approximate surface area is 158 Å². The molecule has 1 saturated heterocycles. The third-order valence-corrected chi connectivity index (χ3v) is 5.20. The van der Waals surface area contributed by atoms with Gasteiger partial charge < -0.3 is 4.90 Å². The van der Waals surface area contributed by atoms with Gasteiger partial charge in [0.05, 0.1) is 24.7 Å². The Morgan fingerprint density at radius 1 is 0.815 bits per heavy atom. The first-order valence-electron chi connectivity index (χ1n) is 9.17. The van der Waals surface area contributed by atoms with Crippen molar-refractivity contribution in [2.75, 3.05) is 4.90 Å². The lowest BCUT2D eigenvalue weighted by Gasteiger charge is -2.44. The maximum absolute atomic E-state index is 13.0. The number of fused-ring (bicyclic) bond motifs is 2. The third-order valence-electron chi connectivity index (χ3n) is 5.20. The predicted molar refractivity (Wildman–Crippen MR) is 107 cm³/mol. The molecule has 5 rings (SSSR count). The number of nitrogens with zero attached hydrogens (tertiary/aromatic N) is 3. The van der Waals surface area contributed by atoms with Gasteiger partial charge in [0, 0.05) is 5.69 Å². The number of aliphatic imine (C=N–C) groups is 1. The molecule has 2 aliphatic rings. The van der Waals surface area contributed by atoms with Crippen molar-refractivity contribution < 1.29 is 4.79 Å². The van der Waals surface area contributed by atoms with E-state index in [4.69, 9.17) is 4.99 Å². The highest BCUT2D eigenvalue weighted by Crippen LogP contribution is 2.39. The van der Waals surface area contributed by atoms with Gasteiger partial charge in [-0.25, -0.2) is 4.99 Å². The van der Waals surface area contributed by atoms with E-state index in [9.17, 15) is 4.79 Å². The van der Waals surface area contributed by atoms with E-state index in [-0.39, 0.29) is 11.9 Å². The summed E-state index contributed by atoms with van der Waals surface area (Å²) in [6, 6.07) is 28.4. The van der Waals surface area contributed by atoms with E-state index in [0.29, 0.717) is 18.9 Å². The number of benzene rings is 3. The Morgan fingerprint density at radius 3 is 2.26 bits per heavy atom. The average Bonchev–Trinajstić information content (AvgIpc) is 2.74. The second-order valence-corrected chi connectivity index (χ2v) is 6.86. The van der Waals surface area contributed by atoms with Crippen molar-refractivity contribution in [3.05, 3.63) is 96.1 Å². The summed E-state index contributed by atoms with van der Waals surface area (Å²) in [6.45, 7) is 0.568. The molecule has 1 amide bonds. The van der Waals surface area contributed by atoms with Crippen LogP contribution >= 0.6 is 0 Å². The largest absolute Gasteiger partial charge is 0.304 e. The van der Waals surface area contributed by atoms with Gasteiger partial charge in [-0.3, -0.25) is 9.69 Å². The van der Waals surface area contributed by atoms with Gasteiger partial charge in [0.2, 0.25) is 11.9 Å². The molecule has 1 unspecified atom stereocenters. The fourth-order valence-corrected chi connectivity index (χ4v) is 3.88. The zero-order valence-corrected chi connectivity index (χ0v) is 14.8. The molecule has 1 fully saturated rings. The van der Waals surface area contributed by atoms with Crippen LogP contribution < -0.4 is 4.90 Å². The van der Waals surface area contributed by atoms with Gasteiger partial charge in [-0.1, -0.05) is 66.7 Å². The number of anilines is 1. The minimum absolute atomic E-state index is 0.0682. The first-order valence-corrected chi connectivity index (χ1v) is 9.17. The normalized spacial score (nSPS) is 18.6. The zero-order valence-electron chi connectivity index (χ0n) is 14.8. The summed E-state index contributed by atoms with van der Waals surface area (Å²) >= 11 is 0. The van der Waals surface area contributed by atoms with Crippen LogP contribution in [0.3, 0.4) is 0 Å². The summed E-state index contributed by atoms with van der Waals surface area (Å²) in [6.07, 6.45) is 0.431. The molecule has 1 atom stereocenters. The second kappa shape index (κ2) is 6.40. The maximum Gasteiger partial charge on any atom is 0.232 e. The van der Waals surface area contributed by atoms with Gasteiger partial charge in [0.15, 0.2) is 0 Å². The van der Waals surface area contributed by atoms with Gasteiger partial charge in [-0.15, -0.1) is 0 Å².